The number of methoxy groups -OCH3 is 1. The van der Waals surface area contributed by atoms with E-state index in [0.717, 1.165) is 25.9 Å². The Morgan fingerprint density at radius 3 is 2.59 bits per heavy atom. The minimum Gasteiger partial charge on any atom is -0.486 e. The van der Waals surface area contributed by atoms with Gasteiger partial charge in [-0.3, -0.25) is 14.9 Å². The average Bonchev–Trinajstić information content (AvgIpc) is 2.67. The lowest BCUT2D eigenvalue weighted by atomic mass is 9.79. The number of hydrogen-bond acceptors (Lipinski definition) is 7. The molecule has 148 valence electrons. The van der Waals surface area contributed by atoms with E-state index in [2.05, 4.69) is 10.6 Å². The number of carbonyl (C=O) groups is 1. The Labute approximate surface area is 157 Å². The summed E-state index contributed by atoms with van der Waals surface area (Å²) in [7, 11) is 1.66. The number of nitro benzene ring substituents is 1. The Hall–Kier alpha value is -2.39. The van der Waals surface area contributed by atoms with E-state index in [9.17, 15) is 14.9 Å². The van der Waals surface area contributed by atoms with Crippen molar-refractivity contribution in [3.8, 4) is 11.5 Å². The van der Waals surface area contributed by atoms with Gasteiger partial charge in [0.15, 0.2) is 11.5 Å². The van der Waals surface area contributed by atoms with Gasteiger partial charge in [-0.05, 0) is 32.0 Å². The maximum atomic E-state index is 12.5. The minimum absolute atomic E-state index is 0.0890. The van der Waals surface area contributed by atoms with Crippen LogP contribution in [0.2, 0.25) is 0 Å². The first-order valence-electron chi connectivity index (χ1n) is 9.06. The van der Waals surface area contributed by atoms with Crippen LogP contribution in [0, 0.1) is 15.5 Å². The number of hydrogen-bond donors (Lipinski definition) is 2. The first-order chi connectivity index (χ1) is 13.0. The zero-order chi connectivity index (χ0) is 19.3. The molecule has 0 saturated carbocycles. The Morgan fingerprint density at radius 2 is 1.96 bits per heavy atom. The van der Waals surface area contributed by atoms with E-state index in [-0.39, 0.29) is 23.4 Å². The normalized spacial score (nSPS) is 18.0. The van der Waals surface area contributed by atoms with Crippen LogP contribution in [-0.2, 0) is 16.0 Å². The molecule has 1 aromatic rings. The summed E-state index contributed by atoms with van der Waals surface area (Å²) < 4.78 is 16.2. The standard InChI is InChI=1S/C18H25N3O6/c1-25-12-18(2-4-19-5-3-18)11-20-17(22)9-13-8-15-16(27-7-6-26-15)10-14(13)21(23)24/h8,10,19H,2-7,9,11-12H2,1H3,(H,20,22). The van der Waals surface area contributed by atoms with Crippen LogP contribution in [0.3, 0.4) is 0 Å². The summed E-state index contributed by atoms with van der Waals surface area (Å²) >= 11 is 0. The molecule has 1 aromatic carbocycles. The molecule has 0 aromatic heterocycles. The average molecular weight is 379 g/mol. The van der Waals surface area contributed by atoms with Crippen LogP contribution in [0.4, 0.5) is 5.69 Å². The zero-order valence-electron chi connectivity index (χ0n) is 15.4. The van der Waals surface area contributed by atoms with Crippen molar-refractivity contribution >= 4 is 11.6 Å². The second-order valence-electron chi connectivity index (χ2n) is 7.02. The van der Waals surface area contributed by atoms with Gasteiger partial charge in [0.1, 0.15) is 13.2 Å². The summed E-state index contributed by atoms with van der Waals surface area (Å²) in [6.07, 6.45) is 1.73. The van der Waals surface area contributed by atoms with Gasteiger partial charge < -0.3 is 24.8 Å². The van der Waals surface area contributed by atoms with Crippen molar-refractivity contribution < 1.29 is 23.9 Å². The van der Waals surface area contributed by atoms with Crippen LogP contribution in [0.5, 0.6) is 11.5 Å². The molecule has 0 atom stereocenters. The Bertz CT molecular complexity index is 697. The van der Waals surface area contributed by atoms with Crippen LogP contribution >= 0.6 is 0 Å². The molecular formula is C18H25N3O6. The monoisotopic (exact) mass is 379 g/mol. The van der Waals surface area contributed by atoms with Crippen molar-refractivity contribution in [1.82, 2.24) is 10.6 Å². The highest BCUT2D eigenvalue weighted by atomic mass is 16.6. The third-order valence-electron chi connectivity index (χ3n) is 5.07. The molecule has 0 unspecified atom stereocenters. The molecule has 0 bridgehead atoms. The zero-order valence-corrected chi connectivity index (χ0v) is 15.4. The van der Waals surface area contributed by atoms with Crippen molar-refractivity contribution in [3.63, 3.8) is 0 Å². The predicted octanol–water partition coefficient (Wildman–Crippen LogP) is 1.04. The Balaban J connectivity index is 1.69. The van der Waals surface area contributed by atoms with Gasteiger partial charge >= 0.3 is 0 Å². The van der Waals surface area contributed by atoms with Gasteiger partial charge in [-0.1, -0.05) is 0 Å². The highest BCUT2D eigenvalue weighted by Gasteiger charge is 2.33. The summed E-state index contributed by atoms with van der Waals surface area (Å²) in [5.41, 5.74) is 0.0738. The quantitative estimate of drug-likeness (QED) is 0.538. The lowest BCUT2D eigenvalue weighted by Gasteiger charge is -2.37. The van der Waals surface area contributed by atoms with E-state index < -0.39 is 4.92 Å². The predicted molar refractivity (Wildman–Crippen MR) is 97.2 cm³/mol. The lowest BCUT2D eigenvalue weighted by Crippen LogP contribution is -2.47. The lowest BCUT2D eigenvalue weighted by molar-refractivity contribution is -0.385. The number of fused-ring (bicyclic) bond motifs is 1. The molecule has 9 heteroatoms. The van der Waals surface area contributed by atoms with Crippen LogP contribution in [-0.4, -0.2) is 57.4 Å². The molecular weight excluding hydrogens is 354 g/mol. The number of nitrogens with zero attached hydrogens (tertiary/aromatic N) is 1. The van der Waals surface area contributed by atoms with Crippen molar-refractivity contribution in [2.24, 2.45) is 5.41 Å². The van der Waals surface area contributed by atoms with Gasteiger partial charge in [-0.15, -0.1) is 0 Å². The maximum absolute atomic E-state index is 12.5. The largest absolute Gasteiger partial charge is 0.486 e. The third-order valence-corrected chi connectivity index (χ3v) is 5.07. The Kier molecular flexibility index (Phi) is 6.12. The van der Waals surface area contributed by atoms with Crippen molar-refractivity contribution in [1.29, 1.82) is 0 Å². The molecule has 1 saturated heterocycles. The van der Waals surface area contributed by atoms with Gasteiger partial charge in [0.25, 0.3) is 5.69 Å². The topological polar surface area (TPSA) is 112 Å². The number of nitrogens with one attached hydrogen (secondary N) is 2. The second kappa shape index (κ2) is 8.53. The fraction of sp³-hybridized carbons (Fsp3) is 0.611. The smallest absolute Gasteiger partial charge is 0.277 e. The molecule has 2 aliphatic heterocycles. The van der Waals surface area contributed by atoms with E-state index in [1.165, 1.54) is 12.1 Å². The number of benzene rings is 1. The van der Waals surface area contributed by atoms with Crippen molar-refractivity contribution in [2.45, 2.75) is 19.3 Å². The maximum Gasteiger partial charge on any atom is 0.277 e. The van der Waals surface area contributed by atoms with E-state index >= 15 is 0 Å². The molecule has 0 radical (unpaired) electrons. The van der Waals surface area contributed by atoms with Crippen molar-refractivity contribution in [3.05, 3.63) is 27.8 Å². The van der Waals surface area contributed by atoms with Crippen LogP contribution < -0.4 is 20.1 Å². The number of amides is 1. The van der Waals surface area contributed by atoms with E-state index in [1.54, 1.807) is 7.11 Å². The number of nitro groups is 1. The Morgan fingerprint density at radius 1 is 1.30 bits per heavy atom. The molecule has 0 spiro atoms. The van der Waals surface area contributed by atoms with Crippen LogP contribution in [0.25, 0.3) is 0 Å². The second-order valence-corrected chi connectivity index (χ2v) is 7.02. The third kappa shape index (κ3) is 4.67. The number of piperidine rings is 1. The number of rotatable bonds is 7. The summed E-state index contributed by atoms with van der Waals surface area (Å²) in [5, 5.41) is 17.6. The van der Waals surface area contributed by atoms with Crippen LogP contribution in [0.1, 0.15) is 18.4 Å². The van der Waals surface area contributed by atoms with E-state index in [1.807, 2.05) is 0 Å². The molecule has 0 aliphatic carbocycles. The van der Waals surface area contributed by atoms with Crippen LogP contribution in [0.15, 0.2) is 12.1 Å². The fourth-order valence-electron chi connectivity index (χ4n) is 3.59. The number of ether oxygens (including phenoxy) is 3. The summed E-state index contributed by atoms with van der Waals surface area (Å²) in [6.45, 7) is 3.54. The number of carbonyl (C=O) groups excluding carboxylic acids is 1. The SMILES string of the molecule is COCC1(CNC(=O)Cc2cc3c(cc2[N+](=O)[O-])OCCO3)CCNCC1. The molecule has 9 nitrogen and oxygen atoms in total. The van der Waals surface area contributed by atoms with Gasteiger partial charge in [0, 0.05) is 24.6 Å². The summed E-state index contributed by atoms with van der Waals surface area (Å²) in [5.74, 6) is 0.513. The summed E-state index contributed by atoms with van der Waals surface area (Å²) in [4.78, 5) is 23.4. The molecule has 27 heavy (non-hydrogen) atoms. The van der Waals surface area contributed by atoms with Gasteiger partial charge in [0.05, 0.1) is 24.0 Å². The molecule has 2 aliphatic rings. The van der Waals surface area contributed by atoms with Crippen molar-refractivity contribution in [2.75, 3.05) is 46.6 Å². The van der Waals surface area contributed by atoms with Gasteiger partial charge in [-0.2, -0.15) is 0 Å². The fourth-order valence-corrected chi connectivity index (χ4v) is 3.59. The summed E-state index contributed by atoms with van der Waals surface area (Å²) in [6, 6.07) is 2.86. The molecule has 2 heterocycles. The van der Waals surface area contributed by atoms with E-state index in [4.69, 9.17) is 14.2 Å². The van der Waals surface area contributed by atoms with Gasteiger partial charge in [0.2, 0.25) is 5.91 Å². The molecule has 1 fully saturated rings. The first kappa shape index (κ1) is 19.4. The van der Waals surface area contributed by atoms with Gasteiger partial charge in [-0.25, -0.2) is 0 Å². The minimum atomic E-state index is -0.500. The molecule has 3 rings (SSSR count). The highest BCUT2D eigenvalue weighted by Crippen LogP contribution is 2.37. The molecule has 2 N–H and O–H groups in total. The first-order valence-corrected chi connectivity index (χ1v) is 9.06. The molecule has 1 amide bonds. The highest BCUT2D eigenvalue weighted by molar-refractivity contribution is 5.80. The van der Waals surface area contributed by atoms with E-state index in [0.29, 0.717) is 43.4 Å².